The van der Waals surface area contributed by atoms with Crippen LogP contribution in [-0.2, 0) is 0 Å². The fraction of sp³-hybridized carbons (Fsp3) is 0.0800. The summed E-state index contributed by atoms with van der Waals surface area (Å²) in [6.45, 7) is 4.18. The number of hydrogen-bond acceptors (Lipinski definition) is 2. The molecule has 0 unspecified atom stereocenters. The maximum atomic E-state index is 9.80. The van der Waals surface area contributed by atoms with E-state index >= 15 is 0 Å². The van der Waals surface area contributed by atoms with Crippen LogP contribution >= 0.6 is 11.3 Å². The van der Waals surface area contributed by atoms with Crippen LogP contribution < -0.4 is 0 Å². The summed E-state index contributed by atoms with van der Waals surface area (Å²) in [4.78, 5) is 2.43. The minimum Gasteiger partial charge on any atom is -0.192 e. The predicted octanol–water partition coefficient (Wildman–Crippen LogP) is 7.33. The molecule has 0 saturated carbocycles. The van der Waals surface area contributed by atoms with E-state index in [1.807, 2.05) is 6.08 Å². The molecule has 0 bridgehead atoms. The second kappa shape index (κ2) is 5.94. The zero-order chi connectivity index (χ0) is 18.5. The van der Waals surface area contributed by atoms with Gasteiger partial charge in [0.25, 0.3) is 0 Å². The lowest BCUT2D eigenvalue weighted by Crippen LogP contribution is -1.87. The molecule has 0 aliphatic rings. The molecule has 5 rings (SSSR count). The zero-order valence-electron chi connectivity index (χ0n) is 15.2. The third-order valence-corrected chi connectivity index (χ3v) is 6.28. The lowest BCUT2D eigenvalue weighted by molar-refractivity contribution is 1.51. The Bertz CT molecular complexity index is 1380. The molecule has 1 aromatic heterocycles. The number of nitriles is 1. The van der Waals surface area contributed by atoms with E-state index in [2.05, 4.69) is 80.6 Å². The summed E-state index contributed by atoms with van der Waals surface area (Å²) < 4.78 is 0. The van der Waals surface area contributed by atoms with Gasteiger partial charge < -0.3 is 0 Å². The summed E-state index contributed by atoms with van der Waals surface area (Å²) in [5.74, 6) is 0. The van der Waals surface area contributed by atoms with Gasteiger partial charge in [0.2, 0.25) is 0 Å². The molecule has 0 aliphatic heterocycles. The number of benzene rings is 4. The van der Waals surface area contributed by atoms with Crippen molar-refractivity contribution in [3.63, 3.8) is 0 Å². The van der Waals surface area contributed by atoms with Crippen molar-refractivity contribution in [2.75, 3.05) is 0 Å². The van der Waals surface area contributed by atoms with Crippen LogP contribution in [0.1, 0.15) is 20.9 Å². The number of rotatable bonds is 2. The molecule has 0 amide bonds. The SMILES string of the molecule is Cc1cc(/C(C#N)=C/c2ccc3ccc4cccc5ccc2c3c45)c(C)s1. The van der Waals surface area contributed by atoms with E-state index in [9.17, 15) is 5.26 Å². The molecule has 0 saturated heterocycles. The highest BCUT2D eigenvalue weighted by Crippen LogP contribution is 2.37. The van der Waals surface area contributed by atoms with Gasteiger partial charge in [-0.25, -0.2) is 0 Å². The minimum absolute atomic E-state index is 0.729. The Labute approximate surface area is 162 Å². The minimum atomic E-state index is 0.729. The van der Waals surface area contributed by atoms with E-state index < -0.39 is 0 Å². The number of aryl methyl sites for hydroxylation is 2. The molecule has 27 heavy (non-hydrogen) atoms. The maximum Gasteiger partial charge on any atom is 0.0998 e. The van der Waals surface area contributed by atoms with Gasteiger partial charge in [-0.3, -0.25) is 0 Å². The molecule has 4 aromatic carbocycles. The van der Waals surface area contributed by atoms with Crippen molar-refractivity contribution in [2.24, 2.45) is 0 Å². The first-order valence-corrected chi connectivity index (χ1v) is 9.83. The Hall–Kier alpha value is -3.15. The quantitative estimate of drug-likeness (QED) is 0.238. The van der Waals surface area contributed by atoms with Gasteiger partial charge >= 0.3 is 0 Å². The van der Waals surface area contributed by atoms with Crippen LogP contribution in [0.5, 0.6) is 0 Å². The topological polar surface area (TPSA) is 23.8 Å². The van der Waals surface area contributed by atoms with E-state index in [4.69, 9.17) is 0 Å². The Morgan fingerprint density at radius 3 is 2.22 bits per heavy atom. The fourth-order valence-electron chi connectivity index (χ4n) is 4.11. The number of thiophene rings is 1. The van der Waals surface area contributed by atoms with Crippen LogP contribution in [0.4, 0.5) is 0 Å². The van der Waals surface area contributed by atoms with Gasteiger partial charge in [-0.1, -0.05) is 54.6 Å². The molecule has 5 aromatic rings. The first-order valence-electron chi connectivity index (χ1n) is 9.01. The average molecular weight is 363 g/mol. The zero-order valence-corrected chi connectivity index (χ0v) is 16.0. The normalized spacial score (nSPS) is 12.3. The van der Waals surface area contributed by atoms with E-state index in [1.165, 1.54) is 42.1 Å². The Balaban J connectivity index is 1.83. The molecule has 0 radical (unpaired) electrons. The smallest absolute Gasteiger partial charge is 0.0998 e. The third kappa shape index (κ3) is 2.44. The van der Waals surface area contributed by atoms with Crippen LogP contribution in [0.3, 0.4) is 0 Å². The van der Waals surface area contributed by atoms with Gasteiger partial charge in [-0.15, -0.1) is 11.3 Å². The lowest BCUT2D eigenvalue weighted by atomic mass is 9.91. The monoisotopic (exact) mass is 363 g/mol. The van der Waals surface area contributed by atoms with Gasteiger partial charge in [-0.05, 0) is 63.9 Å². The average Bonchev–Trinajstić information content (AvgIpc) is 3.02. The highest BCUT2D eigenvalue weighted by Gasteiger charge is 2.12. The largest absolute Gasteiger partial charge is 0.192 e. The summed E-state index contributed by atoms with van der Waals surface area (Å²) >= 11 is 1.74. The first-order chi connectivity index (χ1) is 13.2. The molecule has 0 fully saturated rings. The van der Waals surface area contributed by atoms with Gasteiger partial charge in [0.15, 0.2) is 0 Å². The molecule has 128 valence electrons. The summed E-state index contributed by atoms with van der Waals surface area (Å²) in [7, 11) is 0. The van der Waals surface area contributed by atoms with Gasteiger partial charge in [-0.2, -0.15) is 5.26 Å². The van der Waals surface area contributed by atoms with Crippen molar-refractivity contribution >= 4 is 55.3 Å². The van der Waals surface area contributed by atoms with Crippen molar-refractivity contribution in [1.29, 1.82) is 5.26 Å². The van der Waals surface area contributed by atoms with Crippen LogP contribution in [0.2, 0.25) is 0 Å². The summed E-state index contributed by atoms with van der Waals surface area (Å²) in [5.41, 5.74) is 2.87. The van der Waals surface area contributed by atoms with Crippen molar-refractivity contribution in [3.8, 4) is 6.07 Å². The molecular formula is C25H17NS. The van der Waals surface area contributed by atoms with Crippen molar-refractivity contribution in [1.82, 2.24) is 0 Å². The van der Waals surface area contributed by atoms with Crippen molar-refractivity contribution < 1.29 is 0 Å². The number of nitrogens with zero attached hydrogens (tertiary/aromatic N) is 1. The lowest BCUT2D eigenvalue weighted by Gasteiger charge is -2.12. The van der Waals surface area contributed by atoms with Crippen molar-refractivity contribution in [2.45, 2.75) is 13.8 Å². The summed E-state index contributed by atoms with van der Waals surface area (Å²) in [5, 5.41) is 17.4. The van der Waals surface area contributed by atoms with E-state index in [1.54, 1.807) is 11.3 Å². The second-order valence-corrected chi connectivity index (χ2v) is 8.47. The molecule has 2 heteroatoms. The molecule has 0 spiro atoms. The predicted molar refractivity (Wildman–Crippen MR) is 117 cm³/mol. The third-order valence-electron chi connectivity index (χ3n) is 5.31. The van der Waals surface area contributed by atoms with Crippen LogP contribution in [0, 0.1) is 25.2 Å². The maximum absolute atomic E-state index is 9.80. The molecule has 0 atom stereocenters. The van der Waals surface area contributed by atoms with Gasteiger partial charge in [0.05, 0.1) is 11.6 Å². The highest BCUT2D eigenvalue weighted by atomic mass is 32.1. The first kappa shape index (κ1) is 16.1. The Morgan fingerprint density at radius 2 is 1.56 bits per heavy atom. The molecule has 1 heterocycles. The summed E-state index contributed by atoms with van der Waals surface area (Å²) in [6, 6.07) is 24.0. The van der Waals surface area contributed by atoms with E-state index in [0.29, 0.717) is 0 Å². The van der Waals surface area contributed by atoms with Crippen LogP contribution in [-0.4, -0.2) is 0 Å². The highest BCUT2D eigenvalue weighted by molar-refractivity contribution is 7.12. The van der Waals surface area contributed by atoms with E-state index in [-0.39, 0.29) is 0 Å². The molecule has 0 N–H and O–H groups in total. The van der Waals surface area contributed by atoms with Gasteiger partial charge in [0, 0.05) is 15.3 Å². The Morgan fingerprint density at radius 1 is 0.889 bits per heavy atom. The van der Waals surface area contributed by atoms with Crippen LogP contribution in [0.15, 0.2) is 60.7 Å². The Kier molecular flexibility index (Phi) is 3.53. The summed E-state index contributed by atoms with van der Waals surface area (Å²) in [6.07, 6.45) is 2.04. The fourth-order valence-corrected chi connectivity index (χ4v) is 5.05. The van der Waals surface area contributed by atoms with Crippen molar-refractivity contribution in [3.05, 3.63) is 81.5 Å². The number of allylic oxidation sites excluding steroid dienone is 1. The second-order valence-electron chi connectivity index (χ2n) is 7.01. The number of hydrogen-bond donors (Lipinski definition) is 0. The molecule has 0 aliphatic carbocycles. The molecule has 1 nitrogen and oxygen atoms in total. The molecular weight excluding hydrogens is 346 g/mol. The van der Waals surface area contributed by atoms with Crippen LogP contribution in [0.25, 0.3) is 44.0 Å². The standard InChI is InChI=1S/C25H17NS/c1-15-12-23(16(2)27-15)21(14-26)13-20-9-8-19-7-6-17-4-3-5-18-10-11-22(20)25(19)24(17)18/h3-13H,1-2H3/b21-13+. The van der Waals surface area contributed by atoms with Gasteiger partial charge in [0.1, 0.15) is 0 Å². The van der Waals surface area contributed by atoms with E-state index in [0.717, 1.165) is 16.7 Å².